The number of fused-ring (bicyclic) bond motifs is 1. The summed E-state index contributed by atoms with van der Waals surface area (Å²) in [5.74, 6) is 0.872. The number of hydrogen-bond acceptors (Lipinski definition) is 10. The van der Waals surface area contributed by atoms with Gasteiger partial charge in [-0.25, -0.2) is 4.79 Å². The van der Waals surface area contributed by atoms with Gasteiger partial charge in [-0.1, -0.05) is 43.3 Å². The molecule has 0 spiro atoms. The van der Waals surface area contributed by atoms with Gasteiger partial charge < -0.3 is 45.9 Å². The van der Waals surface area contributed by atoms with E-state index in [1.165, 1.54) is 5.70 Å². The molecule has 4 atom stereocenters. The lowest BCUT2D eigenvalue weighted by Crippen LogP contribution is -2.48. The summed E-state index contributed by atoms with van der Waals surface area (Å²) in [5, 5.41) is 12.2. The van der Waals surface area contributed by atoms with Crippen LogP contribution in [0.25, 0.3) is 0 Å². The first-order valence-electron chi connectivity index (χ1n) is 16.4. The van der Waals surface area contributed by atoms with Crippen LogP contribution in [-0.2, 0) is 39.9 Å². The maximum absolute atomic E-state index is 12.6. The number of alkyl carbamates (subject to hydrolysis) is 1. The second-order valence-corrected chi connectivity index (χ2v) is 12.9. The molecule has 2 fully saturated rings. The standard InChI is InChI=1S/C33H51N5O8S/c1-24-21-26-28(37-24)23-47-29(26)9-5-6-10-31(40)35-13-15-43-17-19-45-20-18-44-16-14-36-32(41)27(11-12-30(34)39)38-33(42)46-22-25-7-3-2-4-8-25/h2-4,7-8,26-29,37H,1,5-6,9-23H2,(H2,34,39)(H,35,40)(H,36,41)(H,38,42). The Morgan fingerprint density at radius 1 is 0.936 bits per heavy atom. The van der Waals surface area contributed by atoms with Crippen LogP contribution < -0.4 is 27.0 Å². The van der Waals surface area contributed by atoms with E-state index in [4.69, 9.17) is 24.7 Å². The highest BCUT2D eigenvalue weighted by molar-refractivity contribution is 8.00. The number of nitrogens with two attached hydrogens (primary N) is 1. The Bertz CT molecular complexity index is 1130. The molecule has 3 rings (SSSR count). The molecule has 0 bridgehead atoms. The molecule has 1 aromatic carbocycles. The maximum atomic E-state index is 12.6. The van der Waals surface area contributed by atoms with E-state index >= 15 is 0 Å². The van der Waals surface area contributed by atoms with E-state index in [9.17, 15) is 19.2 Å². The Kier molecular flexibility index (Phi) is 18.1. The van der Waals surface area contributed by atoms with Crippen LogP contribution in [0.2, 0.25) is 0 Å². The van der Waals surface area contributed by atoms with Crippen molar-refractivity contribution in [3.8, 4) is 0 Å². The average Bonchev–Trinajstić information content (AvgIpc) is 3.61. The summed E-state index contributed by atoms with van der Waals surface area (Å²) in [6, 6.07) is 8.73. The Labute approximate surface area is 281 Å². The highest BCUT2D eigenvalue weighted by Gasteiger charge is 2.40. The number of carbonyl (C=O) groups excluding carboxylic acids is 4. The number of carbonyl (C=O) groups is 4. The minimum atomic E-state index is -0.979. The van der Waals surface area contributed by atoms with E-state index in [1.807, 2.05) is 30.3 Å². The third-order valence-electron chi connectivity index (χ3n) is 7.86. The molecule has 262 valence electrons. The third-order valence-corrected chi connectivity index (χ3v) is 9.42. The molecule has 4 unspecified atom stereocenters. The van der Waals surface area contributed by atoms with E-state index in [-0.39, 0.29) is 38.5 Å². The zero-order valence-electron chi connectivity index (χ0n) is 27.2. The van der Waals surface area contributed by atoms with Crippen LogP contribution in [0.3, 0.4) is 0 Å². The van der Waals surface area contributed by atoms with Gasteiger partial charge in [-0.2, -0.15) is 11.8 Å². The first-order chi connectivity index (χ1) is 22.8. The van der Waals surface area contributed by atoms with Crippen molar-refractivity contribution >= 4 is 35.6 Å². The van der Waals surface area contributed by atoms with Crippen LogP contribution >= 0.6 is 11.8 Å². The number of thioether (sulfide) groups is 1. The van der Waals surface area contributed by atoms with Gasteiger partial charge in [0.25, 0.3) is 0 Å². The van der Waals surface area contributed by atoms with Crippen molar-refractivity contribution in [2.75, 3.05) is 58.5 Å². The summed E-state index contributed by atoms with van der Waals surface area (Å²) in [4.78, 5) is 48.1. The first kappa shape index (κ1) is 38.1. The summed E-state index contributed by atoms with van der Waals surface area (Å²) in [6.45, 7) is 6.93. The summed E-state index contributed by atoms with van der Waals surface area (Å²) >= 11 is 2.05. The zero-order valence-corrected chi connectivity index (χ0v) is 28.0. The van der Waals surface area contributed by atoms with Crippen molar-refractivity contribution in [2.45, 2.75) is 68.9 Å². The molecule has 0 aliphatic carbocycles. The maximum Gasteiger partial charge on any atom is 0.408 e. The smallest absolute Gasteiger partial charge is 0.408 e. The molecule has 2 saturated heterocycles. The number of allylic oxidation sites excluding steroid dienone is 1. The summed E-state index contributed by atoms with van der Waals surface area (Å²) in [6.07, 6.45) is 3.96. The van der Waals surface area contributed by atoms with Gasteiger partial charge in [0.1, 0.15) is 12.6 Å². The highest BCUT2D eigenvalue weighted by Crippen LogP contribution is 2.42. The number of hydrogen-bond donors (Lipinski definition) is 5. The van der Waals surface area contributed by atoms with Gasteiger partial charge in [0.05, 0.1) is 39.6 Å². The molecular weight excluding hydrogens is 626 g/mol. The number of amides is 4. The molecule has 2 aliphatic rings. The summed E-state index contributed by atoms with van der Waals surface area (Å²) < 4.78 is 21.6. The fraction of sp³-hybridized carbons (Fsp3) is 0.636. The topological polar surface area (TPSA) is 179 Å². The summed E-state index contributed by atoms with van der Waals surface area (Å²) in [5.41, 5.74) is 7.19. The van der Waals surface area contributed by atoms with Crippen LogP contribution in [0.1, 0.15) is 50.5 Å². The fourth-order valence-corrected chi connectivity index (χ4v) is 7.07. The molecule has 6 N–H and O–H groups in total. The van der Waals surface area contributed by atoms with Crippen LogP contribution in [-0.4, -0.2) is 99.6 Å². The van der Waals surface area contributed by atoms with E-state index in [0.29, 0.717) is 63.2 Å². The van der Waals surface area contributed by atoms with Gasteiger partial charge >= 0.3 is 6.09 Å². The lowest BCUT2D eigenvalue weighted by molar-refractivity contribution is -0.124. The van der Waals surface area contributed by atoms with E-state index < -0.39 is 23.9 Å². The van der Waals surface area contributed by atoms with Crippen LogP contribution in [0, 0.1) is 5.92 Å². The Morgan fingerprint density at radius 2 is 1.62 bits per heavy atom. The van der Waals surface area contributed by atoms with Gasteiger partial charge in [0.2, 0.25) is 17.7 Å². The van der Waals surface area contributed by atoms with Crippen LogP contribution in [0.15, 0.2) is 42.6 Å². The van der Waals surface area contributed by atoms with Gasteiger partial charge in [0, 0.05) is 48.7 Å². The van der Waals surface area contributed by atoms with Crippen molar-refractivity contribution in [1.82, 2.24) is 21.3 Å². The largest absolute Gasteiger partial charge is 0.445 e. The number of rotatable bonds is 24. The fourth-order valence-electron chi connectivity index (χ4n) is 5.42. The predicted octanol–water partition coefficient (Wildman–Crippen LogP) is 2.00. The molecule has 0 radical (unpaired) electrons. The Hall–Kier alpha value is -3.33. The molecule has 1 aromatic rings. The van der Waals surface area contributed by atoms with E-state index in [1.54, 1.807) is 0 Å². The zero-order chi connectivity index (χ0) is 33.7. The van der Waals surface area contributed by atoms with Crippen molar-refractivity contribution in [3.05, 3.63) is 48.2 Å². The molecule has 2 aliphatic heterocycles. The average molecular weight is 678 g/mol. The first-order valence-corrected chi connectivity index (χ1v) is 17.5. The van der Waals surface area contributed by atoms with Crippen molar-refractivity contribution < 1.29 is 38.1 Å². The van der Waals surface area contributed by atoms with Gasteiger partial charge in [-0.3, -0.25) is 14.4 Å². The van der Waals surface area contributed by atoms with E-state index in [2.05, 4.69) is 39.6 Å². The molecule has 4 amide bonds. The lowest BCUT2D eigenvalue weighted by atomic mass is 9.94. The lowest BCUT2D eigenvalue weighted by Gasteiger charge is -2.18. The minimum absolute atomic E-state index is 0.0426. The second kappa shape index (κ2) is 22.3. The predicted molar refractivity (Wildman–Crippen MR) is 179 cm³/mol. The van der Waals surface area contributed by atoms with Gasteiger partial charge in [-0.15, -0.1) is 0 Å². The van der Waals surface area contributed by atoms with Crippen LogP contribution in [0.4, 0.5) is 4.79 Å². The van der Waals surface area contributed by atoms with Crippen molar-refractivity contribution in [3.63, 3.8) is 0 Å². The number of unbranched alkanes of at least 4 members (excludes halogenated alkanes) is 1. The molecule has 14 heteroatoms. The summed E-state index contributed by atoms with van der Waals surface area (Å²) in [7, 11) is 0. The normalized spacial score (nSPS) is 19.0. The number of primary amides is 1. The monoisotopic (exact) mass is 677 g/mol. The Balaban J connectivity index is 1.10. The number of benzene rings is 1. The van der Waals surface area contributed by atoms with Crippen molar-refractivity contribution in [1.29, 1.82) is 0 Å². The van der Waals surface area contributed by atoms with Gasteiger partial charge in [-0.05, 0) is 37.2 Å². The highest BCUT2D eigenvalue weighted by atomic mass is 32.2. The Morgan fingerprint density at radius 3 is 2.32 bits per heavy atom. The van der Waals surface area contributed by atoms with Crippen LogP contribution in [0.5, 0.6) is 0 Å². The quantitative estimate of drug-likeness (QED) is 0.102. The molecule has 2 heterocycles. The third kappa shape index (κ3) is 15.9. The minimum Gasteiger partial charge on any atom is -0.445 e. The molecule has 0 aromatic heterocycles. The molecule has 13 nitrogen and oxygen atoms in total. The molecule has 47 heavy (non-hydrogen) atoms. The van der Waals surface area contributed by atoms with Crippen molar-refractivity contribution in [2.24, 2.45) is 11.7 Å². The molecule has 0 saturated carbocycles. The van der Waals surface area contributed by atoms with Gasteiger partial charge in [0.15, 0.2) is 0 Å². The SMILES string of the molecule is C=C1CC2C(CSC2CCCCC(=O)NCCOCCOCCOCCNC(=O)C(CCC(N)=O)NC(=O)OCc2ccccc2)N1. The molecular formula is C33H51N5O8S. The number of nitrogens with one attached hydrogen (secondary N) is 4. The number of ether oxygens (including phenoxy) is 4. The van der Waals surface area contributed by atoms with E-state index in [0.717, 1.165) is 37.0 Å². The second-order valence-electron chi connectivity index (χ2n) is 11.6.